The molecule has 0 saturated carbocycles. The zero-order valence-electron chi connectivity index (χ0n) is 17.2. The maximum atomic E-state index is 12.8. The van der Waals surface area contributed by atoms with Gasteiger partial charge in [0.05, 0.1) is 19.1 Å². The van der Waals surface area contributed by atoms with E-state index in [1.54, 1.807) is 24.3 Å². The van der Waals surface area contributed by atoms with E-state index in [9.17, 15) is 13.2 Å². The molecule has 0 radical (unpaired) electrons. The number of benzene rings is 2. The molecule has 0 aliphatic carbocycles. The molecule has 0 bridgehead atoms. The molecule has 0 fully saturated rings. The average Bonchev–Trinajstić information content (AvgIpc) is 3.20. The maximum Gasteiger partial charge on any atom is 0.249 e. The molecule has 3 rings (SSSR count). The van der Waals surface area contributed by atoms with Crippen molar-refractivity contribution in [2.45, 2.75) is 23.1 Å². The number of sulfonamides is 1. The Morgan fingerprint density at radius 2 is 1.84 bits per heavy atom. The van der Waals surface area contributed by atoms with Crippen LogP contribution in [0.4, 0.5) is 10.8 Å². The molecular formula is C20H22N4O4S3. The molecule has 1 heterocycles. The first kappa shape index (κ1) is 23.0. The van der Waals surface area contributed by atoms with E-state index in [0.717, 1.165) is 21.9 Å². The number of ether oxygens (including phenoxy) is 1. The van der Waals surface area contributed by atoms with Crippen molar-refractivity contribution >= 4 is 49.8 Å². The van der Waals surface area contributed by atoms with Gasteiger partial charge in [0, 0.05) is 5.75 Å². The van der Waals surface area contributed by atoms with Crippen molar-refractivity contribution < 1.29 is 17.9 Å². The van der Waals surface area contributed by atoms with E-state index in [2.05, 4.69) is 15.5 Å². The number of hydrogen-bond acceptors (Lipinski definition) is 8. The molecule has 0 aliphatic heterocycles. The normalized spacial score (nSPS) is 12.2. The quantitative estimate of drug-likeness (QED) is 0.370. The van der Waals surface area contributed by atoms with Crippen LogP contribution in [0.1, 0.15) is 12.5 Å². The highest BCUT2D eigenvalue weighted by Crippen LogP contribution is 2.29. The number of methoxy groups -OCH3 is 1. The molecule has 31 heavy (non-hydrogen) atoms. The molecule has 1 N–H and O–H groups in total. The third-order valence-corrected chi connectivity index (χ3v) is 7.54. The lowest BCUT2D eigenvalue weighted by atomic mass is 10.2. The summed E-state index contributed by atoms with van der Waals surface area (Å²) in [5, 5.41) is 11.1. The SMILES string of the molecule is COc1ccc(N([C@H](C)C(=O)Nc2nnc(SCc3ccccc3)s2)S(C)(=O)=O)cc1. The summed E-state index contributed by atoms with van der Waals surface area (Å²) in [4.78, 5) is 12.8. The fourth-order valence-corrected chi connectivity index (χ4v) is 5.67. The molecule has 164 valence electrons. The first-order chi connectivity index (χ1) is 14.8. The van der Waals surface area contributed by atoms with Gasteiger partial charge in [0.25, 0.3) is 0 Å². The number of anilines is 2. The van der Waals surface area contributed by atoms with Crippen LogP contribution in [-0.4, -0.2) is 43.9 Å². The van der Waals surface area contributed by atoms with Gasteiger partial charge in [-0.3, -0.25) is 14.4 Å². The summed E-state index contributed by atoms with van der Waals surface area (Å²) in [5.41, 5.74) is 1.52. The van der Waals surface area contributed by atoms with Crippen LogP contribution in [0.3, 0.4) is 0 Å². The Morgan fingerprint density at radius 1 is 1.16 bits per heavy atom. The van der Waals surface area contributed by atoms with Gasteiger partial charge in [-0.25, -0.2) is 8.42 Å². The van der Waals surface area contributed by atoms with Gasteiger partial charge in [0.2, 0.25) is 21.1 Å². The number of nitrogens with zero attached hydrogens (tertiary/aromatic N) is 3. The number of carbonyl (C=O) groups is 1. The number of rotatable bonds is 9. The highest BCUT2D eigenvalue weighted by molar-refractivity contribution is 8.00. The van der Waals surface area contributed by atoms with Crippen molar-refractivity contribution in [1.82, 2.24) is 10.2 Å². The molecule has 1 atom stereocenters. The number of aromatic nitrogens is 2. The minimum atomic E-state index is -3.71. The largest absolute Gasteiger partial charge is 0.497 e. The van der Waals surface area contributed by atoms with Crippen molar-refractivity contribution in [1.29, 1.82) is 0 Å². The summed E-state index contributed by atoms with van der Waals surface area (Å²) in [6.45, 7) is 1.52. The fraction of sp³-hybridized carbons (Fsp3) is 0.250. The van der Waals surface area contributed by atoms with E-state index in [0.29, 0.717) is 20.9 Å². The van der Waals surface area contributed by atoms with Crippen LogP contribution >= 0.6 is 23.1 Å². The molecule has 11 heteroatoms. The van der Waals surface area contributed by atoms with E-state index in [1.807, 2.05) is 30.3 Å². The molecule has 2 aromatic carbocycles. The molecule has 1 aromatic heterocycles. The van der Waals surface area contributed by atoms with Crippen LogP contribution in [-0.2, 0) is 20.6 Å². The Hall–Kier alpha value is -2.63. The first-order valence-electron chi connectivity index (χ1n) is 9.22. The second kappa shape index (κ2) is 10.1. The van der Waals surface area contributed by atoms with Crippen molar-refractivity contribution in [3.8, 4) is 5.75 Å². The van der Waals surface area contributed by atoms with E-state index < -0.39 is 22.0 Å². The van der Waals surface area contributed by atoms with Crippen molar-refractivity contribution in [3.05, 3.63) is 60.2 Å². The Bertz CT molecular complexity index is 1120. The van der Waals surface area contributed by atoms with Gasteiger partial charge in [-0.2, -0.15) is 0 Å². The van der Waals surface area contributed by atoms with E-state index in [1.165, 1.54) is 37.1 Å². The van der Waals surface area contributed by atoms with E-state index >= 15 is 0 Å². The number of amides is 1. The lowest BCUT2D eigenvalue weighted by Gasteiger charge is -2.27. The highest BCUT2D eigenvalue weighted by Gasteiger charge is 2.29. The van der Waals surface area contributed by atoms with Crippen LogP contribution in [0.2, 0.25) is 0 Å². The Morgan fingerprint density at radius 3 is 2.45 bits per heavy atom. The van der Waals surface area contributed by atoms with E-state index in [-0.39, 0.29) is 0 Å². The van der Waals surface area contributed by atoms with Gasteiger partial charge in [-0.1, -0.05) is 53.4 Å². The van der Waals surface area contributed by atoms with Gasteiger partial charge in [0.15, 0.2) is 4.34 Å². The maximum absolute atomic E-state index is 12.8. The first-order valence-corrected chi connectivity index (χ1v) is 12.9. The third kappa shape index (κ3) is 6.18. The number of hydrogen-bond donors (Lipinski definition) is 1. The summed E-state index contributed by atoms with van der Waals surface area (Å²) >= 11 is 2.76. The molecule has 8 nitrogen and oxygen atoms in total. The predicted molar refractivity (Wildman–Crippen MR) is 124 cm³/mol. The summed E-state index contributed by atoms with van der Waals surface area (Å²) in [7, 11) is -2.19. The zero-order valence-corrected chi connectivity index (χ0v) is 19.6. The third-order valence-electron chi connectivity index (χ3n) is 4.26. The van der Waals surface area contributed by atoms with E-state index in [4.69, 9.17) is 4.74 Å². The number of thioether (sulfide) groups is 1. The van der Waals surface area contributed by atoms with Gasteiger partial charge >= 0.3 is 0 Å². The van der Waals surface area contributed by atoms with Crippen molar-refractivity contribution in [2.75, 3.05) is 23.0 Å². The monoisotopic (exact) mass is 478 g/mol. The lowest BCUT2D eigenvalue weighted by Crippen LogP contribution is -2.45. The number of nitrogens with one attached hydrogen (secondary N) is 1. The summed E-state index contributed by atoms with van der Waals surface area (Å²) in [5.74, 6) is 0.819. The summed E-state index contributed by atoms with van der Waals surface area (Å²) in [6.07, 6.45) is 1.06. The standard InChI is InChI=1S/C20H22N4O4S3/c1-14(24(31(3,26)27)16-9-11-17(28-2)12-10-16)18(25)21-19-22-23-20(30-19)29-13-15-7-5-4-6-8-15/h4-12,14H,13H2,1-3H3,(H,21,22,25)/t14-/m1/s1. The molecule has 0 saturated heterocycles. The van der Waals surface area contributed by atoms with Gasteiger partial charge in [0.1, 0.15) is 11.8 Å². The average molecular weight is 479 g/mol. The Labute approximate surface area is 189 Å². The lowest BCUT2D eigenvalue weighted by molar-refractivity contribution is -0.116. The molecule has 0 unspecified atom stereocenters. The topological polar surface area (TPSA) is 101 Å². The second-order valence-corrected chi connectivity index (χ2v) is 10.6. The summed E-state index contributed by atoms with van der Waals surface area (Å²) < 4.78 is 31.7. The smallest absolute Gasteiger partial charge is 0.249 e. The molecule has 0 spiro atoms. The summed E-state index contributed by atoms with van der Waals surface area (Å²) in [6, 6.07) is 15.4. The van der Waals surface area contributed by atoms with Crippen LogP contribution in [0, 0.1) is 0 Å². The molecule has 3 aromatic rings. The van der Waals surface area contributed by atoms with Crippen molar-refractivity contribution in [2.24, 2.45) is 0 Å². The Balaban J connectivity index is 1.68. The number of carbonyl (C=O) groups excluding carboxylic acids is 1. The minimum absolute atomic E-state index is 0.315. The predicted octanol–water partition coefficient (Wildman–Crippen LogP) is 3.63. The Kier molecular flexibility index (Phi) is 7.52. The van der Waals surface area contributed by atoms with Gasteiger partial charge in [-0.05, 0) is 36.8 Å². The van der Waals surface area contributed by atoms with Crippen LogP contribution in [0.15, 0.2) is 58.9 Å². The van der Waals surface area contributed by atoms with Crippen LogP contribution in [0.5, 0.6) is 5.75 Å². The molecule has 1 amide bonds. The zero-order chi connectivity index (χ0) is 22.4. The van der Waals surface area contributed by atoms with Crippen LogP contribution < -0.4 is 14.4 Å². The minimum Gasteiger partial charge on any atom is -0.497 e. The highest BCUT2D eigenvalue weighted by atomic mass is 32.2. The van der Waals surface area contributed by atoms with Gasteiger partial charge in [-0.15, -0.1) is 10.2 Å². The fourth-order valence-electron chi connectivity index (χ4n) is 2.79. The van der Waals surface area contributed by atoms with Gasteiger partial charge < -0.3 is 4.74 Å². The van der Waals surface area contributed by atoms with Crippen molar-refractivity contribution in [3.63, 3.8) is 0 Å². The van der Waals surface area contributed by atoms with Crippen LogP contribution in [0.25, 0.3) is 0 Å². The second-order valence-electron chi connectivity index (χ2n) is 6.57. The molecule has 0 aliphatic rings. The molecular weight excluding hydrogens is 456 g/mol.